The Kier molecular flexibility index (Phi) is 6.93. The number of hydrogen-bond acceptors (Lipinski definition) is 3. The van der Waals surface area contributed by atoms with Crippen molar-refractivity contribution in [3.05, 3.63) is 23.9 Å². The van der Waals surface area contributed by atoms with Gasteiger partial charge in [-0.1, -0.05) is 26.7 Å². The molecule has 0 bridgehead atoms. The first-order valence-electron chi connectivity index (χ1n) is 7.18. The monoisotopic (exact) mass is 263 g/mol. The molecular formula is C15H25N3O. The highest BCUT2D eigenvalue weighted by Crippen LogP contribution is 2.08. The van der Waals surface area contributed by atoms with E-state index in [1.54, 1.807) is 12.3 Å². The average Bonchev–Trinajstić information content (AvgIpc) is 2.43. The summed E-state index contributed by atoms with van der Waals surface area (Å²) in [5, 5.41) is 6.21. The van der Waals surface area contributed by atoms with Gasteiger partial charge in [-0.05, 0) is 31.9 Å². The van der Waals surface area contributed by atoms with E-state index in [2.05, 4.69) is 29.5 Å². The summed E-state index contributed by atoms with van der Waals surface area (Å²) < 4.78 is 0. The molecule has 1 unspecified atom stereocenters. The summed E-state index contributed by atoms with van der Waals surface area (Å²) in [4.78, 5) is 16.2. The third-order valence-electron chi connectivity index (χ3n) is 3.10. The van der Waals surface area contributed by atoms with Crippen molar-refractivity contribution in [1.29, 1.82) is 0 Å². The van der Waals surface area contributed by atoms with Crippen molar-refractivity contribution in [2.45, 2.75) is 52.5 Å². The van der Waals surface area contributed by atoms with E-state index in [4.69, 9.17) is 0 Å². The molecule has 0 saturated carbocycles. The first-order valence-corrected chi connectivity index (χ1v) is 7.18. The van der Waals surface area contributed by atoms with E-state index in [0.717, 1.165) is 25.2 Å². The number of anilines is 1. The number of nitrogens with one attached hydrogen (secondary N) is 2. The number of hydrogen-bond donors (Lipinski definition) is 2. The van der Waals surface area contributed by atoms with Gasteiger partial charge in [-0.15, -0.1) is 0 Å². The van der Waals surface area contributed by atoms with Crippen LogP contribution in [0.1, 0.15) is 56.8 Å². The van der Waals surface area contributed by atoms with Gasteiger partial charge in [0.15, 0.2) is 0 Å². The Morgan fingerprint density at radius 1 is 1.37 bits per heavy atom. The Labute approximate surface area is 116 Å². The maximum Gasteiger partial charge on any atom is 0.251 e. The minimum Gasteiger partial charge on any atom is -0.370 e. The van der Waals surface area contributed by atoms with Gasteiger partial charge in [0, 0.05) is 24.3 Å². The lowest BCUT2D eigenvalue weighted by Crippen LogP contribution is -2.31. The van der Waals surface area contributed by atoms with Crippen molar-refractivity contribution >= 4 is 11.7 Å². The normalized spacial score (nSPS) is 11.9. The molecule has 19 heavy (non-hydrogen) atoms. The Morgan fingerprint density at radius 2 is 2.16 bits per heavy atom. The Balaban J connectivity index is 2.53. The molecule has 2 N–H and O–H groups in total. The lowest BCUT2D eigenvalue weighted by Gasteiger charge is -2.12. The second kappa shape index (κ2) is 8.51. The van der Waals surface area contributed by atoms with Crippen LogP contribution in [0, 0.1) is 0 Å². The average molecular weight is 263 g/mol. The van der Waals surface area contributed by atoms with Crippen LogP contribution in [0.3, 0.4) is 0 Å². The molecule has 1 amide bonds. The van der Waals surface area contributed by atoms with Gasteiger partial charge < -0.3 is 10.6 Å². The molecule has 0 aliphatic rings. The topological polar surface area (TPSA) is 54.0 Å². The SMILES string of the molecule is CCCCCNc1cc(C(=O)NC(C)CC)ccn1. The van der Waals surface area contributed by atoms with E-state index in [0.29, 0.717) is 5.56 Å². The van der Waals surface area contributed by atoms with Gasteiger partial charge in [-0.2, -0.15) is 0 Å². The fourth-order valence-corrected chi connectivity index (χ4v) is 1.67. The smallest absolute Gasteiger partial charge is 0.251 e. The molecule has 0 aromatic carbocycles. The molecule has 0 aliphatic carbocycles. The molecule has 1 aromatic rings. The van der Waals surface area contributed by atoms with Crippen molar-refractivity contribution in [2.75, 3.05) is 11.9 Å². The zero-order valence-corrected chi connectivity index (χ0v) is 12.2. The summed E-state index contributed by atoms with van der Waals surface area (Å²) in [5.41, 5.74) is 0.660. The van der Waals surface area contributed by atoms with Gasteiger partial charge >= 0.3 is 0 Å². The quantitative estimate of drug-likeness (QED) is 0.708. The van der Waals surface area contributed by atoms with Crippen molar-refractivity contribution < 1.29 is 4.79 Å². The fraction of sp³-hybridized carbons (Fsp3) is 0.600. The van der Waals surface area contributed by atoms with Crippen LogP contribution in [0.4, 0.5) is 5.82 Å². The highest BCUT2D eigenvalue weighted by Gasteiger charge is 2.09. The molecule has 4 heteroatoms. The maximum atomic E-state index is 12.0. The van der Waals surface area contributed by atoms with Crippen molar-refractivity contribution in [2.24, 2.45) is 0 Å². The molecule has 0 fully saturated rings. The number of pyridine rings is 1. The predicted molar refractivity (Wildman–Crippen MR) is 79.5 cm³/mol. The number of amides is 1. The van der Waals surface area contributed by atoms with E-state index >= 15 is 0 Å². The number of nitrogens with zero attached hydrogens (tertiary/aromatic N) is 1. The van der Waals surface area contributed by atoms with E-state index in [1.165, 1.54) is 12.8 Å². The predicted octanol–water partition coefficient (Wildman–Crippen LogP) is 3.21. The molecule has 1 rings (SSSR count). The van der Waals surface area contributed by atoms with E-state index in [1.807, 2.05) is 13.0 Å². The molecule has 0 aliphatic heterocycles. The summed E-state index contributed by atoms with van der Waals surface area (Å²) in [6, 6.07) is 3.75. The number of carbonyl (C=O) groups excluding carboxylic acids is 1. The summed E-state index contributed by atoms with van der Waals surface area (Å²) >= 11 is 0. The maximum absolute atomic E-state index is 12.0. The Morgan fingerprint density at radius 3 is 2.84 bits per heavy atom. The molecular weight excluding hydrogens is 238 g/mol. The summed E-state index contributed by atoms with van der Waals surface area (Å²) in [5.74, 6) is 0.737. The highest BCUT2D eigenvalue weighted by molar-refractivity contribution is 5.94. The van der Waals surface area contributed by atoms with Crippen LogP contribution in [0.15, 0.2) is 18.3 Å². The van der Waals surface area contributed by atoms with E-state index in [-0.39, 0.29) is 11.9 Å². The van der Waals surface area contributed by atoms with Gasteiger partial charge in [-0.3, -0.25) is 4.79 Å². The number of aromatic nitrogens is 1. The zero-order chi connectivity index (χ0) is 14.1. The van der Waals surface area contributed by atoms with Crippen LogP contribution in [-0.2, 0) is 0 Å². The van der Waals surface area contributed by atoms with Crippen LogP contribution in [0.5, 0.6) is 0 Å². The van der Waals surface area contributed by atoms with Gasteiger partial charge in [0.2, 0.25) is 0 Å². The third-order valence-corrected chi connectivity index (χ3v) is 3.10. The molecule has 0 saturated heterocycles. The third kappa shape index (κ3) is 5.73. The van der Waals surface area contributed by atoms with Crippen molar-refractivity contribution in [3.63, 3.8) is 0 Å². The number of carbonyl (C=O) groups is 1. The van der Waals surface area contributed by atoms with Crippen molar-refractivity contribution in [3.8, 4) is 0 Å². The molecule has 0 radical (unpaired) electrons. The minimum atomic E-state index is -0.0339. The number of unbranched alkanes of at least 4 members (excludes halogenated alkanes) is 2. The molecule has 0 spiro atoms. The molecule has 1 heterocycles. The molecule has 4 nitrogen and oxygen atoms in total. The van der Waals surface area contributed by atoms with Gasteiger partial charge in [-0.25, -0.2) is 4.98 Å². The highest BCUT2D eigenvalue weighted by atomic mass is 16.1. The van der Waals surface area contributed by atoms with Crippen LogP contribution in [0.2, 0.25) is 0 Å². The van der Waals surface area contributed by atoms with Gasteiger partial charge in [0.1, 0.15) is 5.82 Å². The molecule has 1 aromatic heterocycles. The van der Waals surface area contributed by atoms with Crippen LogP contribution < -0.4 is 10.6 Å². The largest absolute Gasteiger partial charge is 0.370 e. The number of rotatable bonds is 8. The lowest BCUT2D eigenvalue weighted by molar-refractivity contribution is 0.0939. The lowest BCUT2D eigenvalue weighted by atomic mass is 10.2. The zero-order valence-electron chi connectivity index (χ0n) is 12.2. The summed E-state index contributed by atoms with van der Waals surface area (Å²) in [6.45, 7) is 7.14. The van der Waals surface area contributed by atoms with Crippen LogP contribution in [0.25, 0.3) is 0 Å². The fourth-order valence-electron chi connectivity index (χ4n) is 1.67. The second-order valence-electron chi connectivity index (χ2n) is 4.85. The first-order chi connectivity index (χ1) is 9.17. The van der Waals surface area contributed by atoms with Crippen molar-refractivity contribution in [1.82, 2.24) is 10.3 Å². The van der Waals surface area contributed by atoms with Crippen LogP contribution in [-0.4, -0.2) is 23.5 Å². The molecule has 106 valence electrons. The summed E-state index contributed by atoms with van der Waals surface area (Å²) in [6.07, 6.45) is 6.14. The second-order valence-corrected chi connectivity index (χ2v) is 4.85. The van der Waals surface area contributed by atoms with E-state index < -0.39 is 0 Å². The van der Waals surface area contributed by atoms with Crippen LogP contribution >= 0.6 is 0 Å². The minimum absolute atomic E-state index is 0.0339. The molecule has 1 atom stereocenters. The van der Waals surface area contributed by atoms with E-state index in [9.17, 15) is 4.79 Å². The van der Waals surface area contributed by atoms with Gasteiger partial charge in [0.05, 0.1) is 0 Å². The Hall–Kier alpha value is -1.58. The Bertz CT molecular complexity index is 393. The standard InChI is InChI=1S/C15H25N3O/c1-4-6-7-9-16-14-11-13(8-10-17-14)15(19)18-12(3)5-2/h8,10-12H,4-7,9H2,1-3H3,(H,16,17)(H,18,19). The van der Waals surface area contributed by atoms with Gasteiger partial charge in [0.25, 0.3) is 5.91 Å². The summed E-state index contributed by atoms with van der Waals surface area (Å²) in [7, 11) is 0. The first kappa shape index (κ1) is 15.5.